The second kappa shape index (κ2) is 5.79. The lowest BCUT2D eigenvalue weighted by Crippen LogP contribution is -2.43. The van der Waals surface area contributed by atoms with Crippen LogP contribution in [0.5, 0.6) is 0 Å². The average Bonchev–Trinajstić information content (AvgIpc) is 2.26. The normalized spacial score (nSPS) is 12.0. The van der Waals surface area contributed by atoms with Gasteiger partial charge in [0.2, 0.25) is 11.7 Å². The summed E-state index contributed by atoms with van der Waals surface area (Å²) in [5, 5.41) is 0. The molecular formula is C8F12. The van der Waals surface area contributed by atoms with Gasteiger partial charge in [-0.05, 0) is 0 Å². The zero-order valence-corrected chi connectivity index (χ0v) is 8.54. The van der Waals surface area contributed by atoms with Gasteiger partial charge in [-0.15, -0.1) is 0 Å². The maximum Gasteiger partial charge on any atom is 0.370 e. The smallest absolute Gasteiger partial charge is 0.200 e. The van der Waals surface area contributed by atoms with E-state index >= 15 is 0 Å². The van der Waals surface area contributed by atoms with E-state index in [2.05, 4.69) is 0 Å². The second-order valence-electron chi connectivity index (χ2n) is 2.93. The van der Waals surface area contributed by atoms with Crippen LogP contribution in [0.1, 0.15) is 0 Å². The van der Waals surface area contributed by atoms with E-state index in [-0.39, 0.29) is 0 Å². The molecule has 20 heavy (non-hydrogen) atoms. The van der Waals surface area contributed by atoms with E-state index in [1.165, 1.54) is 0 Å². The van der Waals surface area contributed by atoms with Crippen LogP contribution in [-0.2, 0) is 0 Å². The molecule has 0 saturated carbocycles. The van der Waals surface area contributed by atoms with Gasteiger partial charge in [-0.25, -0.2) is 4.39 Å². The number of allylic oxidation sites excluding steroid dienone is 3. The summed E-state index contributed by atoms with van der Waals surface area (Å²) < 4.78 is 146. The third kappa shape index (κ3) is 3.10. The highest BCUT2D eigenvalue weighted by Gasteiger charge is 2.66. The molecule has 0 unspecified atom stereocenters. The molecule has 0 saturated heterocycles. The van der Waals surface area contributed by atoms with Gasteiger partial charge in [0.25, 0.3) is 6.08 Å². The van der Waals surface area contributed by atoms with Crippen LogP contribution in [0, 0.1) is 0 Å². The standard InChI is InChI=1S/C8F12/c9-2(5(13)14)1(4(11)12)7(17,18)8(19,20)3(10)6(15)16. The van der Waals surface area contributed by atoms with Crippen molar-refractivity contribution in [1.29, 1.82) is 0 Å². The highest BCUT2D eigenvalue weighted by atomic mass is 19.3. The van der Waals surface area contributed by atoms with E-state index in [0.717, 1.165) is 0 Å². The van der Waals surface area contributed by atoms with Crippen molar-refractivity contribution in [3.8, 4) is 0 Å². The molecule has 0 rings (SSSR count). The zero-order valence-electron chi connectivity index (χ0n) is 8.54. The molecule has 0 aliphatic carbocycles. The minimum absolute atomic E-state index is 3.78. The molecule has 0 amide bonds. The van der Waals surface area contributed by atoms with Crippen molar-refractivity contribution >= 4 is 0 Å². The lowest BCUT2D eigenvalue weighted by Gasteiger charge is -2.25. The Morgan fingerprint density at radius 1 is 0.500 bits per heavy atom. The van der Waals surface area contributed by atoms with Crippen LogP contribution < -0.4 is 0 Å². The monoisotopic (exact) mass is 324 g/mol. The van der Waals surface area contributed by atoms with Crippen molar-refractivity contribution in [3.05, 3.63) is 35.5 Å². The molecule has 0 N–H and O–H groups in total. The first-order valence-corrected chi connectivity index (χ1v) is 4.02. The number of hydrogen-bond acceptors (Lipinski definition) is 0. The van der Waals surface area contributed by atoms with Crippen LogP contribution in [0.2, 0.25) is 0 Å². The summed E-state index contributed by atoms with van der Waals surface area (Å²) in [6.45, 7) is 0. The summed E-state index contributed by atoms with van der Waals surface area (Å²) in [6, 6.07) is 0. The van der Waals surface area contributed by atoms with Crippen molar-refractivity contribution in [2.24, 2.45) is 0 Å². The summed E-state index contributed by atoms with van der Waals surface area (Å²) in [5.41, 5.74) is -3.89. The number of alkyl halides is 4. The fourth-order valence-electron chi connectivity index (χ4n) is 0.847. The van der Waals surface area contributed by atoms with Gasteiger partial charge in [-0.2, -0.15) is 48.3 Å². The quantitative estimate of drug-likeness (QED) is 0.469. The Morgan fingerprint density at radius 2 is 0.900 bits per heavy atom. The van der Waals surface area contributed by atoms with Crippen molar-refractivity contribution in [3.63, 3.8) is 0 Å². The summed E-state index contributed by atoms with van der Waals surface area (Å²) in [4.78, 5) is 0. The fraction of sp³-hybridized carbons (Fsp3) is 0.250. The maximum atomic E-state index is 12.8. The third-order valence-corrected chi connectivity index (χ3v) is 1.72. The lowest BCUT2D eigenvalue weighted by atomic mass is 10.0. The second-order valence-corrected chi connectivity index (χ2v) is 2.93. The lowest BCUT2D eigenvalue weighted by molar-refractivity contribution is -0.175. The van der Waals surface area contributed by atoms with Crippen LogP contribution in [0.4, 0.5) is 52.7 Å². The molecule has 0 heterocycles. The third-order valence-electron chi connectivity index (χ3n) is 1.72. The van der Waals surface area contributed by atoms with E-state index in [4.69, 9.17) is 0 Å². The fourth-order valence-corrected chi connectivity index (χ4v) is 0.847. The van der Waals surface area contributed by atoms with E-state index in [1.807, 2.05) is 0 Å². The minimum atomic E-state index is -6.69. The molecule has 0 atom stereocenters. The first-order valence-electron chi connectivity index (χ1n) is 4.02. The average molecular weight is 324 g/mol. The molecule has 0 aliphatic heterocycles. The molecule has 0 aromatic rings. The molecule has 0 bridgehead atoms. The Kier molecular flexibility index (Phi) is 5.32. The molecular weight excluding hydrogens is 324 g/mol. The zero-order chi connectivity index (χ0) is 16.5. The molecule has 0 nitrogen and oxygen atoms in total. The van der Waals surface area contributed by atoms with Gasteiger partial charge in [-0.3, -0.25) is 0 Å². The predicted octanol–water partition coefficient (Wildman–Crippen LogP) is 5.56. The Hall–Kier alpha value is -1.62. The van der Waals surface area contributed by atoms with Crippen LogP contribution in [0.25, 0.3) is 0 Å². The van der Waals surface area contributed by atoms with Crippen molar-refractivity contribution in [1.82, 2.24) is 0 Å². The van der Waals surface area contributed by atoms with Crippen molar-refractivity contribution in [2.45, 2.75) is 11.8 Å². The largest absolute Gasteiger partial charge is 0.370 e. The molecule has 0 radical (unpaired) electrons. The van der Waals surface area contributed by atoms with Crippen LogP contribution in [-0.4, -0.2) is 11.8 Å². The SMILES string of the molecule is FC(F)=C(F)C(=C(F)F)C(F)(F)C(F)(F)C(F)=C(F)F. The molecule has 0 aliphatic rings. The summed E-state index contributed by atoms with van der Waals surface area (Å²) in [7, 11) is 0. The highest BCUT2D eigenvalue weighted by molar-refractivity contribution is 5.37. The summed E-state index contributed by atoms with van der Waals surface area (Å²) in [5.74, 6) is -21.3. The number of hydrogen-bond donors (Lipinski definition) is 0. The van der Waals surface area contributed by atoms with E-state index in [0.29, 0.717) is 0 Å². The first kappa shape index (κ1) is 18.4. The van der Waals surface area contributed by atoms with Crippen molar-refractivity contribution in [2.75, 3.05) is 0 Å². The molecule has 0 fully saturated rings. The Labute approximate surface area is 101 Å². The molecule has 0 aromatic heterocycles. The van der Waals surface area contributed by atoms with Crippen LogP contribution in [0.15, 0.2) is 35.5 Å². The summed E-state index contributed by atoms with van der Waals surface area (Å²) in [6.07, 6.45) is -11.9. The summed E-state index contributed by atoms with van der Waals surface area (Å²) >= 11 is 0. The molecule has 0 spiro atoms. The van der Waals surface area contributed by atoms with E-state index < -0.39 is 47.3 Å². The Bertz CT molecular complexity index is 470. The van der Waals surface area contributed by atoms with Gasteiger partial charge in [-0.1, -0.05) is 0 Å². The van der Waals surface area contributed by atoms with Gasteiger partial charge >= 0.3 is 24.0 Å². The van der Waals surface area contributed by atoms with Gasteiger partial charge in [0.05, 0.1) is 0 Å². The minimum Gasteiger partial charge on any atom is -0.200 e. The van der Waals surface area contributed by atoms with E-state index in [9.17, 15) is 52.7 Å². The van der Waals surface area contributed by atoms with Crippen LogP contribution >= 0.6 is 0 Å². The van der Waals surface area contributed by atoms with Crippen LogP contribution in [0.3, 0.4) is 0 Å². The topological polar surface area (TPSA) is 0 Å². The van der Waals surface area contributed by atoms with E-state index in [1.54, 1.807) is 0 Å². The van der Waals surface area contributed by atoms with Gasteiger partial charge in [0.1, 0.15) is 5.57 Å². The van der Waals surface area contributed by atoms with Gasteiger partial charge in [0, 0.05) is 0 Å². The molecule has 12 heteroatoms. The number of rotatable bonds is 4. The predicted molar refractivity (Wildman–Crippen MR) is 39.8 cm³/mol. The Balaban J connectivity index is 6.29. The Morgan fingerprint density at radius 3 is 1.15 bits per heavy atom. The van der Waals surface area contributed by atoms with Gasteiger partial charge in [0.15, 0.2) is 0 Å². The maximum absolute atomic E-state index is 12.8. The first-order chi connectivity index (χ1) is 8.78. The van der Waals surface area contributed by atoms with Gasteiger partial charge < -0.3 is 0 Å². The number of halogens is 12. The highest BCUT2D eigenvalue weighted by Crippen LogP contribution is 2.50. The molecule has 116 valence electrons. The van der Waals surface area contributed by atoms with Crippen molar-refractivity contribution < 1.29 is 52.7 Å². The molecule has 0 aromatic carbocycles.